The van der Waals surface area contributed by atoms with Gasteiger partial charge in [0.05, 0.1) is 18.3 Å². The van der Waals surface area contributed by atoms with E-state index < -0.39 is 0 Å². The highest BCUT2D eigenvalue weighted by Gasteiger charge is 2.26. The van der Waals surface area contributed by atoms with Crippen LogP contribution in [0.2, 0.25) is 0 Å². The highest BCUT2D eigenvalue weighted by atomic mass is 16.5. The molecule has 1 saturated heterocycles. The fourth-order valence-electron chi connectivity index (χ4n) is 2.00. The van der Waals surface area contributed by atoms with Crippen LogP contribution in [0.1, 0.15) is 18.2 Å². The maximum atomic E-state index is 5.39. The minimum atomic E-state index is 0.332. The Bertz CT molecular complexity index is 270. The molecule has 1 fully saturated rings. The molecule has 2 unspecified atom stereocenters. The number of hydrogen-bond donors (Lipinski definition) is 1. The average Bonchev–Trinajstić information content (AvgIpc) is 2.74. The Kier molecular flexibility index (Phi) is 3.11. The van der Waals surface area contributed by atoms with Crippen LogP contribution in [0.3, 0.4) is 0 Å². The van der Waals surface area contributed by atoms with Crippen molar-refractivity contribution in [3.63, 3.8) is 0 Å². The zero-order valence-corrected chi connectivity index (χ0v) is 8.44. The van der Waals surface area contributed by atoms with Crippen molar-refractivity contribution in [1.82, 2.24) is 10.3 Å². The summed E-state index contributed by atoms with van der Waals surface area (Å²) in [5, 5.41) is 3.32. The fraction of sp³-hybridized carbons (Fsp3) is 0.545. The molecule has 2 atom stereocenters. The number of nitrogens with one attached hydrogen (secondary N) is 1. The zero-order valence-electron chi connectivity index (χ0n) is 8.44. The molecular formula is C11H16N2O. The number of pyridine rings is 1. The van der Waals surface area contributed by atoms with Crippen LogP contribution in [0.25, 0.3) is 0 Å². The lowest BCUT2D eigenvalue weighted by Crippen LogP contribution is -2.26. The lowest BCUT2D eigenvalue weighted by atomic mass is 9.96. The van der Waals surface area contributed by atoms with E-state index in [9.17, 15) is 0 Å². The van der Waals surface area contributed by atoms with Crippen molar-refractivity contribution >= 4 is 0 Å². The number of aromatic nitrogens is 1. The number of hydrogen-bond acceptors (Lipinski definition) is 3. The molecule has 1 aromatic rings. The summed E-state index contributed by atoms with van der Waals surface area (Å²) < 4.78 is 5.39. The Morgan fingerprint density at radius 3 is 3.07 bits per heavy atom. The molecule has 1 aromatic heterocycles. The van der Waals surface area contributed by atoms with Gasteiger partial charge in [-0.25, -0.2) is 0 Å². The summed E-state index contributed by atoms with van der Waals surface area (Å²) in [6.45, 7) is 1.73. The van der Waals surface area contributed by atoms with E-state index in [1.54, 1.807) is 0 Å². The summed E-state index contributed by atoms with van der Waals surface area (Å²) in [6.07, 6.45) is 2.97. The maximum absolute atomic E-state index is 5.39. The summed E-state index contributed by atoms with van der Waals surface area (Å²) in [5.74, 6) is 0.565. The molecule has 76 valence electrons. The van der Waals surface area contributed by atoms with Crippen LogP contribution in [-0.2, 0) is 4.74 Å². The molecule has 1 aliphatic heterocycles. The van der Waals surface area contributed by atoms with Crippen molar-refractivity contribution < 1.29 is 4.74 Å². The minimum absolute atomic E-state index is 0.332. The maximum Gasteiger partial charge on any atom is 0.0576 e. The molecule has 3 heteroatoms. The van der Waals surface area contributed by atoms with E-state index in [1.807, 2.05) is 25.4 Å². The van der Waals surface area contributed by atoms with Gasteiger partial charge in [0, 0.05) is 18.7 Å². The second-order valence-electron chi connectivity index (χ2n) is 3.64. The first-order chi connectivity index (χ1) is 6.92. The normalized spacial score (nSPS) is 23.6. The zero-order chi connectivity index (χ0) is 9.80. The molecule has 0 bridgehead atoms. The van der Waals surface area contributed by atoms with Gasteiger partial charge in [0.2, 0.25) is 0 Å². The lowest BCUT2D eigenvalue weighted by molar-refractivity contribution is 0.177. The third kappa shape index (κ3) is 1.94. The Morgan fingerprint density at radius 1 is 1.57 bits per heavy atom. The van der Waals surface area contributed by atoms with E-state index in [2.05, 4.69) is 16.4 Å². The van der Waals surface area contributed by atoms with Crippen LogP contribution in [0.4, 0.5) is 0 Å². The lowest BCUT2D eigenvalue weighted by Gasteiger charge is -2.20. The summed E-state index contributed by atoms with van der Waals surface area (Å²) in [5.41, 5.74) is 1.12. The van der Waals surface area contributed by atoms with E-state index in [-0.39, 0.29) is 0 Å². The Hall–Kier alpha value is -0.930. The molecule has 0 aromatic carbocycles. The largest absolute Gasteiger partial charge is 0.381 e. The van der Waals surface area contributed by atoms with Crippen molar-refractivity contribution in [3.05, 3.63) is 30.1 Å². The van der Waals surface area contributed by atoms with Gasteiger partial charge >= 0.3 is 0 Å². The Labute approximate surface area is 84.5 Å². The van der Waals surface area contributed by atoms with Crippen LogP contribution in [0.15, 0.2) is 24.4 Å². The fourth-order valence-corrected chi connectivity index (χ4v) is 2.00. The van der Waals surface area contributed by atoms with Crippen molar-refractivity contribution in [2.24, 2.45) is 5.92 Å². The summed E-state index contributed by atoms with van der Waals surface area (Å²) in [6, 6.07) is 6.38. The molecule has 3 nitrogen and oxygen atoms in total. The predicted molar refractivity (Wildman–Crippen MR) is 55.0 cm³/mol. The number of ether oxygens (including phenoxy) is 1. The van der Waals surface area contributed by atoms with Crippen LogP contribution in [0.5, 0.6) is 0 Å². The van der Waals surface area contributed by atoms with Gasteiger partial charge in [-0.1, -0.05) is 6.07 Å². The van der Waals surface area contributed by atoms with Crippen LogP contribution >= 0.6 is 0 Å². The van der Waals surface area contributed by atoms with Crippen LogP contribution < -0.4 is 5.32 Å². The second kappa shape index (κ2) is 4.53. The number of nitrogens with zero attached hydrogens (tertiary/aromatic N) is 1. The van der Waals surface area contributed by atoms with Crippen molar-refractivity contribution in [2.75, 3.05) is 20.3 Å². The molecule has 0 amide bonds. The van der Waals surface area contributed by atoms with Gasteiger partial charge < -0.3 is 10.1 Å². The van der Waals surface area contributed by atoms with Gasteiger partial charge in [-0.05, 0) is 25.6 Å². The van der Waals surface area contributed by atoms with E-state index in [0.717, 1.165) is 25.3 Å². The molecule has 2 heterocycles. The molecule has 0 radical (unpaired) electrons. The quantitative estimate of drug-likeness (QED) is 0.785. The average molecular weight is 192 g/mol. The Morgan fingerprint density at radius 2 is 2.50 bits per heavy atom. The summed E-state index contributed by atoms with van der Waals surface area (Å²) >= 11 is 0. The summed E-state index contributed by atoms with van der Waals surface area (Å²) in [4.78, 5) is 4.38. The van der Waals surface area contributed by atoms with Gasteiger partial charge in [0.1, 0.15) is 0 Å². The van der Waals surface area contributed by atoms with Crippen molar-refractivity contribution in [3.8, 4) is 0 Å². The van der Waals surface area contributed by atoms with E-state index >= 15 is 0 Å². The highest BCUT2D eigenvalue weighted by Crippen LogP contribution is 2.26. The number of rotatable bonds is 3. The van der Waals surface area contributed by atoms with Gasteiger partial charge in [0.25, 0.3) is 0 Å². The molecule has 1 N–H and O–H groups in total. The van der Waals surface area contributed by atoms with Crippen LogP contribution in [-0.4, -0.2) is 25.2 Å². The molecule has 14 heavy (non-hydrogen) atoms. The molecule has 0 spiro atoms. The monoisotopic (exact) mass is 192 g/mol. The smallest absolute Gasteiger partial charge is 0.0576 e. The van der Waals surface area contributed by atoms with Gasteiger partial charge in [-0.3, -0.25) is 4.98 Å². The SMILES string of the molecule is CNC(c1ccccn1)C1CCOC1. The van der Waals surface area contributed by atoms with Crippen LogP contribution in [0, 0.1) is 5.92 Å². The first-order valence-electron chi connectivity index (χ1n) is 5.08. The highest BCUT2D eigenvalue weighted by molar-refractivity contribution is 5.10. The van der Waals surface area contributed by atoms with Crippen molar-refractivity contribution in [1.29, 1.82) is 0 Å². The first kappa shape index (κ1) is 9.62. The third-order valence-electron chi connectivity index (χ3n) is 2.75. The third-order valence-corrected chi connectivity index (χ3v) is 2.75. The standard InChI is InChI=1S/C11H16N2O/c1-12-11(9-5-7-14-8-9)10-4-2-3-6-13-10/h2-4,6,9,11-12H,5,7-8H2,1H3. The summed E-state index contributed by atoms with van der Waals surface area (Å²) in [7, 11) is 1.98. The van der Waals surface area contributed by atoms with E-state index in [1.165, 1.54) is 0 Å². The van der Waals surface area contributed by atoms with Gasteiger partial charge in [-0.15, -0.1) is 0 Å². The molecule has 0 saturated carbocycles. The van der Waals surface area contributed by atoms with E-state index in [4.69, 9.17) is 4.74 Å². The molecular weight excluding hydrogens is 176 g/mol. The van der Waals surface area contributed by atoms with Gasteiger partial charge in [0.15, 0.2) is 0 Å². The predicted octanol–water partition coefficient (Wildman–Crippen LogP) is 1.38. The minimum Gasteiger partial charge on any atom is -0.381 e. The first-order valence-corrected chi connectivity index (χ1v) is 5.08. The van der Waals surface area contributed by atoms with Gasteiger partial charge in [-0.2, -0.15) is 0 Å². The topological polar surface area (TPSA) is 34.2 Å². The molecule has 2 rings (SSSR count). The second-order valence-corrected chi connectivity index (χ2v) is 3.64. The van der Waals surface area contributed by atoms with Crippen molar-refractivity contribution in [2.45, 2.75) is 12.5 Å². The molecule has 0 aliphatic carbocycles. The molecule has 1 aliphatic rings. The Balaban J connectivity index is 2.12. The van der Waals surface area contributed by atoms with E-state index in [0.29, 0.717) is 12.0 Å².